The van der Waals surface area contributed by atoms with Crippen LogP contribution in [0.4, 0.5) is 5.69 Å². The van der Waals surface area contributed by atoms with Crippen molar-refractivity contribution in [3.8, 4) is 6.07 Å². The third-order valence-electron chi connectivity index (χ3n) is 2.90. The molecule has 0 aromatic heterocycles. The van der Waals surface area contributed by atoms with Crippen LogP contribution in [-0.2, 0) is 0 Å². The minimum Gasteiger partial charge on any atom is -0.369 e. The van der Waals surface area contributed by atoms with Gasteiger partial charge in [0.25, 0.3) is 0 Å². The molecular formula is C13H16N2S. The maximum atomic E-state index is 9.16. The molecule has 1 heterocycles. The van der Waals surface area contributed by atoms with Gasteiger partial charge < -0.3 is 4.90 Å². The van der Waals surface area contributed by atoms with Gasteiger partial charge in [-0.25, -0.2) is 0 Å². The molecule has 0 spiro atoms. The van der Waals surface area contributed by atoms with Crippen molar-refractivity contribution in [3.05, 3.63) is 29.3 Å². The Labute approximate surface area is 101 Å². The molecule has 0 radical (unpaired) electrons. The Morgan fingerprint density at radius 3 is 3.00 bits per heavy atom. The number of thioether (sulfide) groups is 1. The van der Waals surface area contributed by atoms with Gasteiger partial charge in [0.1, 0.15) is 6.07 Å². The Morgan fingerprint density at radius 2 is 2.19 bits per heavy atom. The maximum Gasteiger partial charge on any atom is 0.101 e. The second kappa shape index (κ2) is 5.27. The Balaban J connectivity index is 2.34. The number of anilines is 1. The van der Waals surface area contributed by atoms with Gasteiger partial charge in [-0.2, -0.15) is 17.0 Å². The third kappa shape index (κ3) is 2.33. The Kier molecular flexibility index (Phi) is 3.74. The summed E-state index contributed by atoms with van der Waals surface area (Å²) < 4.78 is 0. The van der Waals surface area contributed by atoms with Crippen molar-refractivity contribution in [2.24, 2.45) is 0 Å². The first-order chi connectivity index (χ1) is 7.83. The molecule has 84 valence electrons. The lowest BCUT2D eigenvalue weighted by atomic mass is 10.1. The van der Waals surface area contributed by atoms with Gasteiger partial charge in [0.15, 0.2) is 0 Å². The summed E-state index contributed by atoms with van der Waals surface area (Å²) in [7, 11) is 0. The first kappa shape index (κ1) is 11.3. The van der Waals surface area contributed by atoms with Crippen LogP contribution in [0.5, 0.6) is 0 Å². The highest BCUT2D eigenvalue weighted by Crippen LogP contribution is 2.26. The predicted octanol–water partition coefficient (Wildman–Crippen LogP) is 2.81. The van der Waals surface area contributed by atoms with Crippen LogP contribution in [0.15, 0.2) is 18.2 Å². The quantitative estimate of drug-likeness (QED) is 0.745. The molecule has 0 atom stereocenters. The van der Waals surface area contributed by atoms with Crippen molar-refractivity contribution in [2.45, 2.75) is 13.3 Å². The molecule has 2 rings (SSSR count). The van der Waals surface area contributed by atoms with Crippen LogP contribution in [0.3, 0.4) is 0 Å². The van der Waals surface area contributed by atoms with E-state index in [1.807, 2.05) is 23.9 Å². The van der Waals surface area contributed by atoms with Crippen LogP contribution >= 0.6 is 11.8 Å². The fraction of sp³-hybridized carbons (Fsp3) is 0.462. The van der Waals surface area contributed by atoms with Gasteiger partial charge in [-0.15, -0.1) is 0 Å². The van der Waals surface area contributed by atoms with E-state index in [-0.39, 0.29) is 0 Å². The molecule has 2 nitrogen and oxygen atoms in total. The van der Waals surface area contributed by atoms with Crippen LogP contribution in [0.2, 0.25) is 0 Å². The van der Waals surface area contributed by atoms with Crippen LogP contribution in [0.25, 0.3) is 0 Å². The predicted molar refractivity (Wildman–Crippen MR) is 70.0 cm³/mol. The number of benzene rings is 1. The minimum atomic E-state index is 0.812. The van der Waals surface area contributed by atoms with Gasteiger partial charge in [-0.3, -0.25) is 0 Å². The number of nitriles is 1. The van der Waals surface area contributed by atoms with E-state index < -0.39 is 0 Å². The molecule has 0 amide bonds. The zero-order valence-corrected chi connectivity index (χ0v) is 10.4. The van der Waals surface area contributed by atoms with E-state index in [1.165, 1.54) is 23.5 Å². The molecule has 0 bridgehead atoms. The largest absolute Gasteiger partial charge is 0.369 e. The van der Waals surface area contributed by atoms with Crippen LogP contribution in [0.1, 0.15) is 17.5 Å². The van der Waals surface area contributed by atoms with Crippen molar-refractivity contribution in [3.63, 3.8) is 0 Å². The summed E-state index contributed by atoms with van der Waals surface area (Å²) in [5, 5.41) is 9.16. The van der Waals surface area contributed by atoms with E-state index in [9.17, 15) is 0 Å². The van der Waals surface area contributed by atoms with Crippen molar-refractivity contribution in [2.75, 3.05) is 29.5 Å². The fourth-order valence-electron chi connectivity index (χ4n) is 2.14. The lowest BCUT2D eigenvalue weighted by Gasteiger charge is -2.25. The Hall–Kier alpha value is -1.14. The molecule has 0 N–H and O–H groups in total. The Morgan fingerprint density at radius 1 is 1.31 bits per heavy atom. The average Bonchev–Trinajstić information content (AvgIpc) is 2.57. The van der Waals surface area contributed by atoms with Gasteiger partial charge in [0, 0.05) is 18.8 Å². The van der Waals surface area contributed by atoms with Crippen LogP contribution < -0.4 is 4.90 Å². The normalized spacial score (nSPS) is 16.6. The highest BCUT2D eigenvalue weighted by atomic mass is 32.2. The SMILES string of the molecule is Cc1cccc(C#N)c1N1CCCSCC1. The standard InChI is InChI=1S/C13H16N2S/c1-11-4-2-5-12(10-14)13(11)15-6-3-8-16-9-7-15/h2,4-5H,3,6-9H2,1H3. The van der Waals surface area contributed by atoms with Crippen molar-refractivity contribution >= 4 is 17.4 Å². The van der Waals surface area contributed by atoms with E-state index in [0.717, 1.165) is 24.3 Å². The molecule has 1 aliphatic heterocycles. The van der Waals surface area contributed by atoms with E-state index >= 15 is 0 Å². The van der Waals surface area contributed by atoms with E-state index in [2.05, 4.69) is 24.0 Å². The molecule has 1 aliphatic rings. The Bertz CT molecular complexity index is 401. The molecule has 0 unspecified atom stereocenters. The van der Waals surface area contributed by atoms with E-state index in [4.69, 9.17) is 5.26 Å². The number of aryl methyl sites for hydroxylation is 1. The third-order valence-corrected chi connectivity index (χ3v) is 3.95. The maximum absolute atomic E-state index is 9.16. The first-order valence-corrected chi connectivity index (χ1v) is 6.81. The number of rotatable bonds is 1. The molecule has 1 saturated heterocycles. The summed E-state index contributed by atoms with van der Waals surface area (Å²) >= 11 is 2.01. The van der Waals surface area contributed by atoms with Gasteiger partial charge in [-0.05, 0) is 30.7 Å². The topological polar surface area (TPSA) is 27.0 Å². The molecule has 16 heavy (non-hydrogen) atoms. The first-order valence-electron chi connectivity index (χ1n) is 5.65. The second-order valence-electron chi connectivity index (χ2n) is 4.04. The number of para-hydroxylation sites is 1. The summed E-state index contributed by atoms with van der Waals surface area (Å²) in [6.45, 7) is 4.23. The van der Waals surface area contributed by atoms with E-state index in [1.54, 1.807) is 0 Å². The van der Waals surface area contributed by atoms with Gasteiger partial charge in [0.2, 0.25) is 0 Å². The summed E-state index contributed by atoms with van der Waals surface area (Å²) in [6.07, 6.45) is 1.21. The number of hydrogen-bond acceptors (Lipinski definition) is 3. The van der Waals surface area contributed by atoms with Crippen molar-refractivity contribution < 1.29 is 0 Å². The molecule has 1 fully saturated rings. The van der Waals surface area contributed by atoms with Gasteiger partial charge in [0.05, 0.1) is 11.3 Å². The summed E-state index contributed by atoms with van der Waals surface area (Å²) in [6, 6.07) is 8.28. The molecule has 0 saturated carbocycles. The average molecular weight is 232 g/mol. The summed E-state index contributed by atoms with van der Waals surface area (Å²) in [5.74, 6) is 2.41. The van der Waals surface area contributed by atoms with Crippen LogP contribution in [0, 0.1) is 18.3 Å². The molecule has 3 heteroatoms. The summed E-state index contributed by atoms with van der Waals surface area (Å²) in [4.78, 5) is 2.37. The van der Waals surface area contributed by atoms with Crippen LogP contribution in [-0.4, -0.2) is 24.6 Å². The molecular weight excluding hydrogens is 216 g/mol. The van der Waals surface area contributed by atoms with Crippen molar-refractivity contribution in [1.29, 1.82) is 5.26 Å². The zero-order valence-electron chi connectivity index (χ0n) is 9.57. The number of hydrogen-bond donors (Lipinski definition) is 0. The van der Waals surface area contributed by atoms with Crippen molar-refractivity contribution in [1.82, 2.24) is 0 Å². The number of nitrogens with zero attached hydrogens (tertiary/aromatic N) is 2. The fourth-order valence-corrected chi connectivity index (χ4v) is 3.03. The minimum absolute atomic E-state index is 0.812. The van der Waals surface area contributed by atoms with Gasteiger partial charge >= 0.3 is 0 Å². The molecule has 1 aromatic rings. The van der Waals surface area contributed by atoms with E-state index in [0.29, 0.717) is 0 Å². The summed E-state index contributed by atoms with van der Waals surface area (Å²) in [5.41, 5.74) is 3.17. The smallest absolute Gasteiger partial charge is 0.101 e. The lowest BCUT2D eigenvalue weighted by molar-refractivity contribution is 0.812. The van der Waals surface area contributed by atoms with Gasteiger partial charge in [-0.1, -0.05) is 12.1 Å². The molecule has 0 aliphatic carbocycles. The highest BCUT2D eigenvalue weighted by Gasteiger charge is 2.15. The zero-order chi connectivity index (χ0) is 11.4. The highest BCUT2D eigenvalue weighted by molar-refractivity contribution is 7.99. The second-order valence-corrected chi connectivity index (χ2v) is 5.26. The lowest BCUT2D eigenvalue weighted by Crippen LogP contribution is -2.27. The monoisotopic (exact) mass is 232 g/mol. The molecule has 1 aromatic carbocycles.